The van der Waals surface area contributed by atoms with Crippen molar-refractivity contribution >= 4 is 21.8 Å². The highest BCUT2D eigenvalue weighted by atomic mass is 79.9. The molecule has 0 saturated carbocycles. The van der Waals surface area contributed by atoms with Crippen LogP contribution in [-0.2, 0) is 4.79 Å². The molecule has 0 aromatic rings. The fourth-order valence-corrected chi connectivity index (χ4v) is 2.32. The largest absolute Gasteiger partial charge is 0.342 e. The van der Waals surface area contributed by atoms with Gasteiger partial charge in [-0.3, -0.25) is 4.79 Å². The highest BCUT2D eigenvalue weighted by molar-refractivity contribution is 9.09. The number of nitrogens with zero attached hydrogens (tertiary/aromatic N) is 2. The lowest BCUT2D eigenvalue weighted by Crippen LogP contribution is -2.41. The van der Waals surface area contributed by atoms with Gasteiger partial charge in [-0.1, -0.05) is 15.9 Å². The molecule has 0 spiro atoms. The first-order valence-electron chi connectivity index (χ1n) is 5.12. The lowest BCUT2D eigenvalue weighted by Gasteiger charge is -2.32. The van der Waals surface area contributed by atoms with E-state index in [9.17, 15) is 4.79 Å². The van der Waals surface area contributed by atoms with Gasteiger partial charge in [0.05, 0.1) is 5.33 Å². The Bertz CT molecular complexity index is 189. The summed E-state index contributed by atoms with van der Waals surface area (Å²) in [4.78, 5) is 15.6. The first-order chi connectivity index (χ1) is 6.63. The predicted molar refractivity (Wildman–Crippen MR) is 61.7 cm³/mol. The highest BCUT2D eigenvalue weighted by Crippen LogP contribution is 2.17. The number of hydrogen-bond donors (Lipinski definition) is 0. The fraction of sp³-hybridized carbons (Fsp3) is 0.900. The number of likely N-dealkylation sites (tertiary alicyclic amines) is 1. The summed E-state index contributed by atoms with van der Waals surface area (Å²) in [5.74, 6) is 0.998. The number of carbonyl (C=O) groups excluding carboxylic acids is 1. The zero-order valence-electron chi connectivity index (χ0n) is 9.00. The van der Waals surface area contributed by atoms with Gasteiger partial charge >= 0.3 is 0 Å². The Hall–Kier alpha value is -0.0900. The summed E-state index contributed by atoms with van der Waals surface area (Å²) in [5, 5.41) is 0.464. The molecule has 0 N–H and O–H groups in total. The van der Waals surface area contributed by atoms with Crippen molar-refractivity contribution in [2.75, 3.05) is 39.1 Å². The topological polar surface area (TPSA) is 23.6 Å². The zero-order chi connectivity index (χ0) is 10.6. The molecule has 14 heavy (non-hydrogen) atoms. The third kappa shape index (κ3) is 3.58. The molecule has 82 valence electrons. The Balaban J connectivity index is 2.27. The number of hydrogen-bond acceptors (Lipinski definition) is 2. The van der Waals surface area contributed by atoms with Crippen LogP contribution in [0.25, 0.3) is 0 Å². The quantitative estimate of drug-likeness (QED) is 0.714. The second kappa shape index (κ2) is 5.71. The molecule has 1 fully saturated rings. The molecular formula is C10H19BrN2O. The molecule has 0 atom stereocenters. The smallest absolute Gasteiger partial charge is 0.233 e. The van der Waals surface area contributed by atoms with E-state index in [1.165, 1.54) is 0 Å². The number of alkyl halides is 1. The van der Waals surface area contributed by atoms with Crippen LogP contribution in [0.4, 0.5) is 0 Å². The summed E-state index contributed by atoms with van der Waals surface area (Å²) < 4.78 is 0. The number of rotatable bonds is 3. The van der Waals surface area contributed by atoms with Gasteiger partial charge in [0.25, 0.3) is 0 Å². The molecule has 0 radical (unpaired) electrons. The van der Waals surface area contributed by atoms with Crippen molar-refractivity contribution in [1.29, 1.82) is 0 Å². The molecular weight excluding hydrogens is 244 g/mol. The van der Waals surface area contributed by atoms with Crippen molar-refractivity contribution in [2.45, 2.75) is 12.8 Å². The van der Waals surface area contributed by atoms with Crippen molar-refractivity contribution in [1.82, 2.24) is 9.80 Å². The van der Waals surface area contributed by atoms with E-state index in [-0.39, 0.29) is 5.91 Å². The normalized spacial score (nSPS) is 19.0. The molecule has 1 aliphatic heterocycles. The third-order valence-corrected chi connectivity index (χ3v) is 3.18. The average Bonchev–Trinajstić information content (AvgIpc) is 2.17. The Labute approximate surface area is 94.6 Å². The van der Waals surface area contributed by atoms with Gasteiger partial charge < -0.3 is 9.80 Å². The third-order valence-electron chi connectivity index (χ3n) is 2.70. The Morgan fingerprint density at radius 2 is 2.00 bits per heavy atom. The number of halogens is 1. The predicted octanol–water partition coefficient (Wildman–Crippen LogP) is 1.18. The Morgan fingerprint density at radius 1 is 1.43 bits per heavy atom. The second-order valence-electron chi connectivity index (χ2n) is 4.22. The maximum absolute atomic E-state index is 11.4. The van der Waals surface area contributed by atoms with Crippen LogP contribution >= 0.6 is 15.9 Å². The lowest BCUT2D eigenvalue weighted by molar-refractivity contribution is -0.129. The van der Waals surface area contributed by atoms with Crippen LogP contribution in [0.3, 0.4) is 0 Å². The van der Waals surface area contributed by atoms with Crippen LogP contribution in [0.1, 0.15) is 12.8 Å². The molecule has 0 unspecified atom stereocenters. The summed E-state index contributed by atoms with van der Waals surface area (Å²) in [5.41, 5.74) is 0. The summed E-state index contributed by atoms with van der Waals surface area (Å²) in [6, 6.07) is 0. The van der Waals surface area contributed by atoms with Crippen LogP contribution < -0.4 is 0 Å². The molecule has 3 nitrogen and oxygen atoms in total. The molecule has 1 saturated heterocycles. The van der Waals surface area contributed by atoms with Crippen LogP contribution in [0, 0.1) is 5.92 Å². The molecule has 1 heterocycles. The number of carbonyl (C=O) groups is 1. The molecule has 0 aromatic heterocycles. The Kier molecular flexibility index (Phi) is 4.89. The molecule has 0 bridgehead atoms. The summed E-state index contributed by atoms with van der Waals surface area (Å²) >= 11 is 3.21. The van der Waals surface area contributed by atoms with Crippen LogP contribution in [0.2, 0.25) is 0 Å². The van der Waals surface area contributed by atoms with Gasteiger partial charge in [-0.25, -0.2) is 0 Å². The van der Waals surface area contributed by atoms with E-state index < -0.39 is 0 Å². The van der Waals surface area contributed by atoms with Crippen molar-refractivity contribution < 1.29 is 4.79 Å². The van der Waals surface area contributed by atoms with E-state index in [4.69, 9.17) is 0 Å². The van der Waals surface area contributed by atoms with Crippen LogP contribution in [0.15, 0.2) is 0 Å². The van der Waals surface area contributed by atoms with Crippen molar-refractivity contribution in [3.05, 3.63) is 0 Å². The van der Waals surface area contributed by atoms with Crippen molar-refractivity contribution in [3.8, 4) is 0 Å². The van der Waals surface area contributed by atoms with E-state index in [0.717, 1.165) is 38.4 Å². The minimum Gasteiger partial charge on any atom is -0.342 e. The van der Waals surface area contributed by atoms with Gasteiger partial charge in [-0.05, 0) is 32.9 Å². The van der Waals surface area contributed by atoms with Gasteiger partial charge in [0.1, 0.15) is 0 Å². The standard InChI is InChI=1S/C10H19BrN2O/c1-12(2)8-9-3-5-13(6-4-9)10(14)7-11/h9H,3-8H2,1-2H3. The molecule has 0 aliphatic carbocycles. The first-order valence-corrected chi connectivity index (χ1v) is 6.24. The monoisotopic (exact) mass is 262 g/mol. The van der Waals surface area contributed by atoms with Gasteiger partial charge in [0.15, 0.2) is 0 Å². The van der Waals surface area contributed by atoms with Crippen molar-refractivity contribution in [2.24, 2.45) is 5.92 Å². The van der Waals surface area contributed by atoms with Gasteiger partial charge in [0, 0.05) is 19.6 Å². The SMILES string of the molecule is CN(C)CC1CCN(C(=O)CBr)CC1. The average molecular weight is 263 g/mol. The molecule has 4 heteroatoms. The second-order valence-corrected chi connectivity index (χ2v) is 4.78. The van der Waals surface area contributed by atoms with E-state index in [1.807, 2.05) is 4.90 Å². The van der Waals surface area contributed by atoms with Crippen molar-refractivity contribution in [3.63, 3.8) is 0 Å². The minimum absolute atomic E-state index is 0.230. The van der Waals surface area contributed by atoms with Gasteiger partial charge in [0.2, 0.25) is 5.91 Å². The number of piperidine rings is 1. The minimum atomic E-state index is 0.230. The first kappa shape index (κ1) is 12.0. The maximum Gasteiger partial charge on any atom is 0.233 e. The lowest BCUT2D eigenvalue weighted by atomic mass is 9.96. The summed E-state index contributed by atoms with van der Waals surface area (Å²) in [6.07, 6.45) is 2.30. The highest BCUT2D eigenvalue weighted by Gasteiger charge is 2.21. The summed E-state index contributed by atoms with van der Waals surface area (Å²) in [6.45, 7) is 3.02. The summed E-state index contributed by atoms with van der Waals surface area (Å²) in [7, 11) is 4.21. The molecule has 1 amide bonds. The molecule has 0 aromatic carbocycles. The molecule has 1 aliphatic rings. The van der Waals surface area contributed by atoms with E-state index >= 15 is 0 Å². The van der Waals surface area contributed by atoms with E-state index in [1.54, 1.807) is 0 Å². The van der Waals surface area contributed by atoms with Gasteiger partial charge in [-0.2, -0.15) is 0 Å². The number of amides is 1. The maximum atomic E-state index is 11.4. The Morgan fingerprint density at radius 3 is 2.43 bits per heavy atom. The van der Waals surface area contributed by atoms with Gasteiger partial charge in [-0.15, -0.1) is 0 Å². The van der Waals surface area contributed by atoms with Crippen LogP contribution in [-0.4, -0.2) is 54.8 Å². The fourth-order valence-electron chi connectivity index (χ4n) is 1.97. The van der Waals surface area contributed by atoms with E-state index in [2.05, 4.69) is 34.9 Å². The molecule has 1 rings (SSSR count). The van der Waals surface area contributed by atoms with Crippen LogP contribution in [0.5, 0.6) is 0 Å². The van der Waals surface area contributed by atoms with E-state index in [0.29, 0.717) is 5.33 Å². The zero-order valence-corrected chi connectivity index (χ0v) is 10.6.